The SMILES string of the molecule is COc1ccc([C@H]2Oc3cc(O)cc(O)c3C(=O)[C@@H]2O)cc1O. The Morgan fingerprint density at radius 3 is 2.48 bits per heavy atom. The predicted octanol–water partition coefficient (Wildman–Crippen LogP) is 1.49. The lowest BCUT2D eigenvalue weighted by Crippen LogP contribution is -2.36. The van der Waals surface area contributed by atoms with Crippen molar-refractivity contribution in [2.75, 3.05) is 7.11 Å². The zero-order chi connectivity index (χ0) is 16.7. The summed E-state index contributed by atoms with van der Waals surface area (Å²) in [6.07, 6.45) is -2.65. The Morgan fingerprint density at radius 1 is 1.09 bits per heavy atom. The molecule has 2 aromatic rings. The number of ether oxygens (including phenoxy) is 2. The monoisotopic (exact) mass is 318 g/mol. The summed E-state index contributed by atoms with van der Waals surface area (Å²) in [7, 11) is 1.39. The Morgan fingerprint density at radius 2 is 1.83 bits per heavy atom. The maximum atomic E-state index is 12.3. The molecule has 0 fully saturated rings. The van der Waals surface area contributed by atoms with Gasteiger partial charge in [-0.15, -0.1) is 0 Å². The molecule has 1 heterocycles. The highest BCUT2D eigenvalue weighted by molar-refractivity contribution is 6.05. The van der Waals surface area contributed by atoms with Gasteiger partial charge in [0.05, 0.1) is 7.11 Å². The van der Waals surface area contributed by atoms with E-state index in [0.29, 0.717) is 5.56 Å². The molecule has 0 radical (unpaired) electrons. The number of aromatic hydroxyl groups is 3. The molecule has 0 bridgehead atoms. The minimum Gasteiger partial charge on any atom is -0.508 e. The standard InChI is InChI=1S/C16H14O7/c1-22-11-3-2-7(4-9(11)18)16-15(21)14(20)13-10(19)5-8(17)6-12(13)23-16/h2-6,15-19,21H,1H3/t15-,16+/m0/s1. The second-order valence-corrected chi connectivity index (χ2v) is 5.12. The number of aliphatic hydroxyl groups is 1. The molecule has 0 unspecified atom stereocenters. The van der Waals surface area contributed by atoms with Gasteiger partial charge >= 0.3 is 0 Å². The summed E-state index contributed by atoms with van der Waals surface area (Å²) in [5, 5.41) is 39.3. The smallest absolute Gasteiger partial charge is 0.202 e. The number of rotatable bonds is 2. The molecule has 3 rings (SSSR count). The number of carbonyl (C=O) groups is 1. The number of phenols is 3. The van der Waals surface area contributed by atoms with Gasteiger partial charge in [-0.05, 0) is 17.7 Å². The molecule has 23 heavy (non-hydrogen) atoms. The average molecular weight is 318 g/mol. The first kappa shape index (κ1) is 15.0. The highest BCUT2D eigenvalue weighted by atomic mass is 16.5. The molecule has 0 spiro atoms. The van der Waals surface area contributed by atoms with Gasteiger partial charge in [0.2, 0.25) is 5.78 Å². The molecule has 1 aliphatic heterocycles. The normalized spacial score (nSPS) is 19.8. The van der Waals surface area contributed by atoms with Crippen molar-refractivity contribution < 1.29 is 34.7 Å². The molecule has 120 valence electrons. The van der Waals surface area contributed by atoms with E-state index in [1.807, 2.05) is 0 Å². The van der Waals surface area contributed by atoms with Gasteiger partial charge in [0.15, 0.2) is 23.7 Å². The van der Waals surface area contributed by atoms with E-state index in [0.717, 1.165) is 6.07 Å². The van der Waals surface area contributed by atoms with Crippen molar-refractivity contribution in [2.24, 2.45) is 0 Å². The quantitative estimate of drug-likeness (QED) is 0.663. The fourth-order valence-electron chi connectivity index (χ4n) is 2.55. The molecule has 0 amide bonds. The van der Waals surface area contributed by atoms with Crippen molar-refractivity contribution in [1.82, 2.24) is 0 Å². The zero-order valence-corrected chi connectivity index (χ0v) is 12.1. The number of aliphatic hydroxyl groups excluding tert-OH is 1. The van der Waals surface area contributed by atoms with Crippen molar-refractivity contribution in [3.63, 3.8) is 0 Å². The number of fused-ring (bicyclic) bond motifs is 1. The lowest BCUT2D eigenvalue weighted by Gasteiger charge is -2.30. The molecule has 1 aliphatic rings. The molecule has 0 aliphatic carbocycles. The topological polar surface area (TPSA) is 116 Å². The maximum Gasteiger partial charge on any atom is 0.202 e. The van der Waals surface area contributed by atoms with Crippen LogP contribution in [-0.2, 0) is 0 Å². The van der Waals surface area contributed by atoms with Crippen LogP contribution in [0.15, 0.2) is 30.3 Å². The summed E-state index contributed by atoms with van der Waals surface area (Å²) in [5.41, 5.74) is 0.155. The third-order valence-corrected chi connectivity index (χ3v) is 3.65. The third-order valence-electron chi connectivity index (χ3n) is 3.65. The number of carbonyl (C=O) groups excluding carboxylic acids is 1. The van der Waals surface area contributed by atoms with E-state index in [4.69, 9.17) is 9.47 Å². The van der Waals surface area contributed by atoms with Gasteiger partial charge in [-0.3, -0.25) is 4.79 Å². The molecule has 0 saturated heterocycles. The highest BCUT2D eigenvalue weighted by Crippen LogP contribution is 2.42. The Hall–Kier alpha value is -2.93. The van der Waals surface area contributed by atoms with Crippen LogP contribution in [0.25, 0.3) is 0 Å². The number of Topliss-reactive ketones (excluding diaryl/α,β-unsaturated/α-hetero) is 1. The van der Waals surface area contributed by atoms with Gasteiger partial charge in [-0.1, -0.05) is 6.07 Å². The van der Waals surface area contributed by atoms with Crippen LogP contribution >= 0.6 is 0 Å². The van der Waals surface area contributed by atoms with Crippen LogP contribution in [0, 0.1) is 0 Å². The highest BCUT2D eigenvalue weighted by Gasteiger charge is 2.39. The number of ketones is 1. The van der Waals surface area contributed by atoms with Crippen molar-refractivity contribution in [2.45, 2.75) is 12.2 Å². The Kier molecular flexibility index (Phi) is 3.49. The minimum absolute atomic E-state index is 0.0434. The van der Waals surface area contributed by atoms with Crippen LogP contribution in [0.4, 0.5) is 0 Å². The molecule has 7 nitrogen and oxygen atoms in total. The lowest BCUT2D eigenvalue weighted by molar-refractivity contribution is 0.0210. The van der Waals surface area contributed by atoms with Crippen LogP contribution in [0.1, 0.15) is 22.0 Å². The number of phenolic OH excluding ortho intramolecular Hbond substituents is 3. The second kappa shape index (κ2) is 5.36. The molecule has 4 N–H and O–H groups in total. The molecule has 7 heteroatoms. The van der Waals surface area contributed by atoms with E-state index in [-0.39, 0.29) is 28.6 Å². The first-order valence-electron chi connectivity index (χ1n) is 6.74. The fourth-order valence-corrected chi connectivity index (χ4v) is 2.55. The van der Waals surface area contributed by atoms with E-state index in [2.05, 4.69) is 0 Å². The average Bonchev–Trinajstić information content (AvgIpc) is 2.50. The zero-order valence-electron chi connectivity index (χ0n) is 12.1. The molecule has 0 aromatic heterocycles. The predicted molar refractivity (Wildman–Crippen MR) is 78.1 cm³/mol. The number of hydrogen-bond acceptors (Lipinski definition) is 7. The van der Waals surface area contributed by atoms with E-state index >= 15 is 0 Å². The van der Waals surface area contributed by atoms with Crippen molar-refractivity contribution in [3.05, 3.63) is 41.5 Å². The first-order valence-corrected chi connectivity index (χ1v) is 6.74. The number of hydrogen-bond donors (Lipinski definition) is 4. The molecule has 2 aromatic carbocycles. The van der Waals surface area contributed by atoms with E-state index in [1.165, 1.54) is 31.4 Å². The Balaban J connectivity index is 2.05. The maximum absolute atomic E-state index is 12.3. The van der Waals surface area contributed by atoms with E-state index < -0.39 is 23.7 Å². The van der Waals surface area contributed by atoms with Crippen LogP contribution in [0.5, 0.6) is 28.7 Å². The van der Waals surface area contributed by atoms with Gasteiger partial charge in [0.25, 0.3) is 0 Å². The van der Waals surface area contributed by atoms with Crippen LogP contribution < -0.4 is 9.47 Å². The summed E-state index contributed by atoms with van der Waals surface area (Å²) in [6.45, 7) is 0. The van der Waals surface area contributed by atoms with Gasteiger partial charge < -0.3 is 29.9 Å². The van der Waals surface area contributed by atoms with Crippen LogP contribution in [-0.4, -0.2) is 39.4 Å². The van der Waals surface area contributed by atoms with Gasteiger partial charge in [-0.2, -0.15) is 0 Å². The summed E-state index contributed by atoms with van der Waals surface area (Å²) in [4.78, 5) is 12.3. The molecular formula is C16H14O7. The van der Waals surface area contributed by atoms with E-state index in [1.54, 1.807) is 0 Å². The number of methoxy groups -OCH3 is 1. The lowest BCUT2D eigenvalue weighted by atomic mass is 9.92. The van der Waals surface area contributed by atoms with E-state index in [9.17, 15) is 25.2 Å². The summed E-state index contributed by atoms with van der Waals surface area (Å²) < 4.78 is 10.5. The molecule has 0 saturated carbocycles. The summed E-state index contributed by atoms with van der Waals surface area (Å²) in [5.74, 6) is -1.46. The molecule has 2 atom stereocenters. The van der Waals surface area contributed by atoms with Crippen molar-refractivity contribution >= 4 is 5.78 Å². The Bertz CT molecular complexity index is 784. The Labute approximate surface area is 131 Å². The van der Waals surface area contributed by atoms with Crippen molar-refractivity contribution in [1.29, 1.82) is 0 Å². The van der Waals surface area contributed by atoms with Crippen molar-refractivity contribution in [3.8, 4) is 28.7 Å². The van der Waals surface area contributed by atoms with Crippen LogP contribution in [0.2, 0.25) is 0 Å². The summed E-state index contributed by atoms with van der Waals surface area (Å²) in [6, 6.07) is 6.49. The van der Waals surface area contributed by atoms with Gasteiger partial charge in [0, 0.05) is 12.1 Å². The fraction of sp³-hybridized carbons (Fsp3) is 0.188. The third kappa shape index (κ3) is 2.40. The minimum atomic E-state index is -1.56. The first-order chi connectivity index (χ1) is 10.9. The summed E-state index contributed by atoms with van der Waals surface area (Å²) >= 11 is 0. The second-order valence-electron chi connectivity index (χ2n) is 5.12. The van der Waals surface area contributed by atoms with Gasteiger partial charge in [0.1, 0.15) is 22.8 Å². The largest absolute Gasteiger partial charge is 0.508 e. The van der Waals surface area contributed by atoms with Crippen LogP contribution in [0.3, 0.4) is 0 Å². The molecular weight excluding hydrogens is 304 g/mol. The number of benzene rings is 2. The van der Waals surface area contributed by atoms with Gasteiger partial charge in [-0.25, -0.2) is 0 Å².